The van der Waals surface area contributed by atoms with Gasteiger partial charge in [0.1, 0.15) is 6.61 Å². The van der Waals surface area contributed by atoms with Crippen LogP contribution in [0.2, 0.25) is 5.02 Å². The Morgan fingerprint density at radius 3 is 2.69 bits per heavy atom. The van der Waals surface area contributed by atoms with Crippen molar-refractivity contribution in [3.8, 4) is 0 Å². The van der Waals surface area contributed by atoms with Crippen molar-refractivity contribution in [3.63, 3.8) is 0 Å². The molecule has 0 spiro atoms. The van der Waals surface area contributed by atoms with E-state index in [1.54, 1.807) is 19.2 Å². The quantitative estimate of drug-likeness (QED) is 0.474. The van der Waals surface area contributed by atoms with Crippen LogP contribution in [-0.4, -0.2) is 63.2 Å². The molecular formula is C23H23ClN6O2. The number of rotatable bonds is 4. The molecule has 1 aliphatic heterocycles. The van der Waals surface area contributed by atoms with E-state index in [2.05, 4.69) is 15.1 Å². The number of hydrogen-bond acceptors (Lipinski definition) is 6. The first kappa shape index (κ1) is 20.7. The molecular weight excluding hydrogens is 428 g/mol. The SMILES string of the molecule is COCc1nnc2c3ccccc3nc(N3CCN(C(=O)c4ccccc4Cl)[C@H](C)C3)n12. The van der Waals surface area contributed by atoms with Crippen LogP contribution in [0, 0.1) is 0 Å². The Bertz CT molecular complexity index is 1310. The van der Waals surface area contributed by atoms with E-state index in [1.807, 2.05) is 52.6 Å². The summed E-state index contributed by atoms with van der Waals surface area (Å²) in [5, 5.41) is 10.2. The second kappa shape index (κ2) is 8.37. The van der Waals surface area contributed by atoms with Crippen LogP contribution in [0.3, 0.4) is 0 Å². The molecule has 1 amide bonds. The Morgan fingerprint density at radius 2 is 1.91 bits per heavy atom. The Hall–Kier alpha value is -3.23. The van der Waals surface area contributed by atoms with E-state index in [0.29, 0.717) is 42.7 Å². The van der Waals surface area contributed by atoms with Gasteiger partial charge in [-0.1, -0.05) is 35.9 Å². The molecule has 4 aromatic rings. The molecule has 1 atom stereocenters. The minimum Gasteiger partial charge on any atom is -0.377 e. The van der Waals surface area contributed by atoms with Gasteiger partial charge in [0, 0.05) is 38.2 Å². The summed E-state index contributed by atoms with van der Waals surface area (Å²) in [6.07, 6.45) is 0. The summed E-state index contributed by atoms with van der Waals surface area (Å²) < 4.78 is 7.31. The highest BCUT2D eigenvalue weighted by molar-refractivity contribution is 6.33. The molecule has 0 saturated carbocycles. The molecule has 0 radical (unpaired) electrons. The molecule has 0 N–H and O–H groups in total. The average Bonchev–Trinajstić information content (AvgIpc) is 3.23. The van der Waals surface area contributed by atoms with Crippen LogP contribution in [0.5, 0.6) is 0 Å². The predicted octanol–water partition coefficient (Wildman–Crippen LogP) is 3.43. The Balaban J connectivity index is 1.50. The zero-order valence-corrected chi connectivity index (χ0v) is 18.7. The van der Waals surface area contributed by atoms with Crippen molar-refractivity contribution in [2.75, 3.05) is 31.6 Å². The monoisotopic (exact) mass is 450 g/mol. The lowest BCUT2D eigenvalue weighted by Crippen LogP contribution is -2.54. The highest BCUT2D eigenvalue weighted by Crippen LogP contribution is 2.27. The van der Waals surface area contributed by atoms with Gasteiger partial charge in [0.05, 0.1) is 16.1 Å². The summed E-state index contributed by atoms with van der Waals surface area (Å²) in [5.74, 6) is 1.40. The molecule has 1 fully saturated rings. The maximum Gasteiger partial charge on any atom is 0.255 e. The van der Waals surface area contributed by atoms with Gasteiger partial charge in [-0.25, -0.2) is 9.38 Å². The molecule has 1 aliphatic rings. The van der Waals surface area contributed by atoms with E-state index >= 15 is 0 Å². The number of carbonyl (C=O) groups is 1. The second-order valence-corrected chi connectivity index (χ2v) is 8.32. The fourth-order valence-corrected chi connectivity index (χ4v) is 4.50. The minimum atomic E-state index is -0.0521. The molecule has 32 heavy (non-hydrogen) atoms. The van der Waals surface area contributed by atoms with E-state index in [1.165, 1.54) is 0 Å². The van der Waals surface area contributed by atoms with Gasteiger partial charge in [-0.05, 0) is 31.2 Å². The van der Waals surface area contributed by atoms with Crippen LogP contribution in [0.15, 0.2) is 48.5 Å². The molecule has 0 bridgehead atoms. The Kier molecular flexibility index (Phi) is 5.40. The normalized spacial score (nSPS) is 16.8. The van der Waals surface area contributed by atoms with Crippen molar-refractivity contribution in [2.24, 2.45) is 0 Å². The van der Waals surface area contributed by atoms with Crippen LogP contribution < -0.4 is 4.90 Å². The van der Waals surface area contributed by atoms with E-state index in [9.17, 15) is 4.79 Å². The number of benzene rings is 2. The number of ether oxygens (including phenoxy) is 1. The summed E-state index contributed by atoms with van der Waals surface area (Å²) in [6, 6.07) is 15.0. The molecule has 9 heteroatoms. The minimum absolute atomic E-state index is 0.0294. The third kappa shape index (κ3) is 3.45. The van der Waals surface area contributed by atoms with Gasteiger partial charge < -0.3 is 14.5 Å². The molecule has 0 unspecified atom stereocenters. The maximum atomic E-state index is 13.1. The lowest BCUT2D eigenvalue weighted by atomic mass is 10.1. The van der Waals surface area contributed by atoms with E-state index in [4.69, 9.17) is 21.3 Å². The highest BCUT2D eigenvalue weighted by Gasteiger charge is 2.31. The first-order chi connectivity index (χ1) is 15.6. The third-order valence-corrected chi connectivity index (χ3v) is 6.17. The van der Waals surface area contributed by atoms with Gasteiger partial charge in [-0.15, -0.1) is 10.2 Å². The van der Waals surface area contributed by atoms with Crippen LogP contribution in [0.4, 0.5) is 5.95 Å². The molecule has 0 aliphatic carbocycles. The van der Waals surface area contributed by atoms with Gasteiger partial charge in [0.15, 0.2) is 11.5 Å². The molecule has 3 heterocycles. The van der Waals surface area contributed by atoms with Crippen molar-refractivity contribution < 1.29 is 9.53 Å². The number of aromatic nitrogens is 4. The van der Waals surface area contributed by atoms with E-state index in [0.717, 1.165) is 22.5 Å². The summed E-state index contributed by atoms with van der Waals surface area (Å²) >= 11 is 6.27. The number of para-hydroxylation sites is 1. The average molecular weight is 451 g/mol. The molecule has 1 saturated heterocycles. The first-order valence-electron chi connectivity index (χ1n) is 10.5. The summed E-state index contributed by atoms with van der Waals surface area (Å²) in [5.41, 5.74) is 2.13. The number of methoxy groups -OCH3 is 1. The molecule has 2 aromatic heterocycles. The van der Waals surface area contributed by atoms with Crippen molar-refractivity contribution in [1.29, 1.82) is 0 Å². The Morgan fingerprint density at radius 1 is 1.12 bits per heavy atom. The van der Waals surface area contributed by atoms with Crippen molar-refractivity contribution in [3.05, 3.63) is 64.9 Å². The van der Waals surface area contributed by atoms with Gasteiger partial charge in [0.25, 0.3) is 5.91 Å². The van der Waals surface area contributed by atoms with Gasteiger partial charge in [-0.2, -0.15) is 0 Å². The van der Waals surface area contributed by atoms with Gasteiger partial charge >= 0.3 is 0 Å². The zero-order valence-electron chi connectivity index (χ0n) is 17.9. The molecule has 164 valence electrons. The number of halogens is 1. The smallest absolute Gasteiger partial charge is 0.255 e. The van der Waals surface area contributed by atoms with Gasteiger partial charge in [0.2, 0.25) is 5.95 Å². The fourth-order valence-electron chi connectivity index (χ4n) is 4.28. The molecule has 2 aromatic carbocycles. The maximum absolute atomic E-state index is 13.1. The molecule has 5 rings (SSSR count). The third-order valence-electron chi connectivity index (χ3n) is 5.84. The number of carbonyl (C=O) groups excluding carboxylic acids is 1. The van der Waals surface area contributed by atoms with Crippen molar-refractivity contribution in [2.45, 2.75) is 19.6 Å². The number of hydrogen-bond donors (Lipinski definition) is 0. The number of anilines is 1. The summed E-state index contributed by atoms with van der Waals surface area (Å²) in [4.78, 5) is 22.1. The summed E-state index contributed by atoms with van der Waals surface area (Å²) in [6.45, 7) is 4.19. The highest BCUT2D eigenvalue weighted by atomic mass is 35.5. The number of piperazine rings is 1. The van der Waals surface area contributed by atoms with Crippen LogP contribution in [-0.2, 0) is 11.3 Å². The van der Waals surface area contributed by atoms with E-state index < -0.39 is 0 Å². The van der Waals surface area contributed by atoms with E-state index in [-0.39, 0.29) is 11.9 Å². The Labute approximate surface area is 190 Å². The number of nitrogens with zero attached hydrogens (tertiary/aromatic N) is 6. The van der Waals surface area contributed by atoms with Gasteiger partial charge in [-0.3, -0.25) is 4.79 Å². The van der Waals surface area contributed by atoms with Crippen molar-refractivity contribution in [1.82, 2.24) is 24.5 Å². The topological polar surface area (TPSA) is 75.9 Å². The number of amides is 1. The number of fused-ring (bicyclic) bond motifs is 3. The van der Waals surface area contributed by atoms with Crippen LogP contribution in [0.25, 0.3) is 16.6 Å². The lowest BCUT2D eigenvalue weighted by molar-refractivity contribution is 0.0673. The fraction of sp³-hybridized carbons (Fsp3) is 0.304. The van der Waals surface area contributed by atoms with Crippen LogP contribution >= 0.6 is 11.6 Å². The largest absolute Gasteiger partial charge is 0.377 e. The standard InChI is InChI=1S/C23H23ClN6O2/c1-15-13-28(11-12-29(15)22(31)16-7-3-5-9-18(16)24)23-25-19-10-6-4-8-17(19)21-27-26-20(14-32-2)30(21)23/h3-10,15H,11-14H2,1-2H3/t15-/m1/s1. The lowest BCUT2D eigenvalue weighted by Gasteiger charge is -2.40. The summed E-state index contributed by atoms with van der Waals surface area (Å²) in [7, 11) is 1.64. The molecule has 8 nitrogen and oxygen atoms in total. The second-order valence-electron chi connectivity index (χ2n) is 7.91. The van der Waals surface area contributed by atoms with Crippen LogP contribution in [0.1, 0.15) is 23.1 Å². The van der Waals surface area contributed by atoms with Crippen molar-refractivity contribution >= 4 is 40.0 Å². The zero-order chi connectivity index (χ0) is 22.2. The first-order valence-corrected chi connectivity index (χ1v) is 10.9. The predicted molar refractivity (Wildman–Crippen MR) is 123 cm³/mol.